The second kappa shape index (κ2) is 6.78. The second-order valence-electron chi connectivity index (χ2n) is 6.40. The molecule has 1 aliphatic rings. The van der Waals surface area contributed by atoms with Crippen molar-refractivity contribution in [3.8, 4) is 6.07 Å². The van der Waals surface area contributed by atoms with Gasteiger partial charge in [0.2, 0.25) is 11.8 Å². The molecule has 0 bridgehead atoms. The van der Waals surface area contributed by atoms with Crippen LogP contribution >= 0.6 is 0 Å². The van der Waals surface area contributed by atoms with Crippen molar-refractivity contribution in [3.05, 3.63) is 59.2 Å². The van der Waals surface area contributed by atoms with Gasteiger partial charge in [0.1, 0.15) is 6.07 Å². The highest BCUT2D eigenvalue weighted by atomic mass is 16.2. The topological polar surface area (TPSA) is 82.0 Å². The number of rotatable bonds is 4. The number of carbonyl (C=O) groups is 2. The first-order valence-corrected chi connectivity index (χ1v) is 8.17. The van der Waals surface area contributed by atoms with E-state index < -0.39 is 0 Å². The summed E-state index contributed by atoms with van der Waals surface area (Å²) in [5.41, 5.74) is 3.73. The molecule has 2 unspecified atom stereocenters. The molecule has 0 aliphatic heterocycles. The molecule has 0 radical (unpaired) electrons. The summed E-state index contributed by atoms with van der Waals surface area (Å²) in [5.74, 6) is -1.03. The van der Waals surface area contributed by atoms with Gasteiger partial charge in [0.15, 0.2) is 0 Å². The Bertz CT molecular complexity index is 883. The lowest BCUT2D eigenvalue weighted by Gasteiger charge is -2.10. The van der Waals surface area contributed by atoms with Gasteiger partial charge >= 0.3 is 0 Å². The van der Waals surface area contributed by atoms with Crippen LogP contribution in [0.4, 0.5) is 11.4 Å². The molecule has 0 spiro atoms. The lowest BCUT2D eigenvalue weighted by Crippen LogP contribution is -2.21. The minimum atomic E-state index is -0.350. The van der Waals surface area contributed by atoms with E-state index >= 15 is 0 Å². The number of para-hydroxylation sites is 1. The van der Waals surface area contributed by atoms with Crippen molar-refractivity contribution in [2.75, 3.05) is 10.6 Å². The summed E-state index contributed by atoms with van der Waals surface area (Å²) < 4.78 is 0. The molecule has 2 aromatic rings. The number of aryl methyl sites for hydroxylation is 2. The Morgan fingerprint density at radius 1 is 1.00 bits per heavy atom. The molecule has 0 heterocycles. The van der Waals surface area contributed by atoms with Crippen LogP contribution in [0.5, 0.6) is 0 Å². The third-order valence-electron chi connectivity index (χ3n) is 4.42. The average Bonchev–Trinajstić information content (AvgIpc) is 3.39. The number of hydrogen-bond donors (Lipinski definition) is 2. The molecule has 5 nitrogen and oxygen atoms in total. The van der Waals surface area contributed by atoms with Crippen molar-refractivity contribution < 1.29 is 9.59 Å². The zero-order chi connectivity index (χ0) is 18.0. The quantitative estimate of drug-likeness (QED) is 0.900. The van der Waals surface area contributed by atoms with Crippen LogP contribution in [0.3, 0.4) is 0 Å². The maximum atomic E-state index is 12.4. The summed E-state index contributed by atoms with van der Waals surface area (Å²) in [7, 11) is 0. The highest BCUT2D eigenvalue weighted by Gasteiger charge is 2.48. The zero-order valence-corrected chi connectivity index (χ0v) is 14.2. The first-order valence-electron chi connectivity index (χ1n) is 8.17. The molecule has 2 N–H and O–H groups in total. The second-order valence-corrected chi connectivity index (χ2v) is 6.40. The van der Waals surface area contributed by atoms with E-state index in [2.05, 4.69) is 10.6 Å². The largest absolute Gasteiger partial charge is 0.326 e. The van der Waals surface area contributed by atoms with Crippen molar-refractivity contribution in [3.63, 3.8) is 0 Å². The summed E-state index contributed by atoms with van der Waals surface area (Å²) in [6, 6.07) is 14.7. The smallest absolute Gasteiger partial charge is 0.228 e. The van der Waals surface area contributed by atoms with Gasteiger partial charge in [0.25, 0.3) is 0 Å². The van der Waals surface area contributed by atoms with Crippen LogP contribution in [0.2, 0.25) is 0 Å². The van der Waals surface area contributed by atoms with Crippen molar-refractivity contribution in [1.82, 2.24) is 0 Å². The number of carbonyl (C=O) groups excluding carboxylic acids is 2. The lowest BCUT2D eigenvalue weighted by atomic mass is 10.1. The average molecular weight is 333 g/mol. The summed E-state index contributed by atoms with van der Waals surface area (Å²) in [6.07, 6.45) is 0.525. The number of nitrogens with one attached hydrogen (secondary N) is 2. The number of nitriles is 1. The Labute approximate surface area is 146 Å². The molecule has 1 fully saturated rings. The summed E-state index contributed by atoms with van der Waals surface area (Å²) in [4.78, 5) is 24.7. The van der Waals surface area contributed by atoms with Gasteiger partial charge in [-0.1, -0.05) is 24.3 Å². The van der Waals surface area contributed by atoms with E-state index in [1.54, 1.807) is 24.3 Å². The molecule has 0 saturated heterocycles. The Hall–Kier alpha value is -3.13. The Morgan fingerprint density at radius 2 is 1.64 bits per heavy atom. The Morgan fingerprint density at radius 3 is 2.32 bits per heavy atom. The van der Waals surface area contributed by atoms with Crippen LogP contribution < -0.4 is 10.6 Å². The SMILES string of the molecule is Cc1ccc(C)c(NC(=O)C2CC2C(=O)Nc2ccccc2C#N)c1. The molecule has 0 aromatic heterocycles. The van der Waals surface area contributed by atoms with Crippen LogP contribution in [0.15, 0.2) is 42.5 Å². The fraction of sp³-hybridized carbons (Fsp3) is 0.250. The van der Waals surface area contributed by atoms with Crippen molar-refractivity contribution in [2.24, 2.45) is 11.8 Å². The molecular weight excluding hydrogens is 314 g/mol. The van der Waals surface area contributed by atoms with Gasteiger partial charge in [-0.2, -0.15) is 5.26 Å². The van der Waals surface area contributed by atoms with Crippen LogP contribution in [-0.4, -0.2) is 11.8 Å². The van der Waals surface area contributed by atoms with Crippen LogP contribution in [0, 0.1) is 37.0 Å². The molecule has 1 saturated carbocycles. The first-order chi connectivity index (χ1) is 12.0. The van der Waals surface area contributed by atoms with Crippen LogP contribution in [0.25, 0.3) is 0 Å². The third-order valence-corrected chi connectivity index (χ3v) is 4.42. The van der Waals surface area contributed by atoms with E-state index in [9.17, 15) is 9.59 Å². The molecule has 5 heteroatoms. The predicted octanol–water partition coefficient (Wildman–Crippen LogP) is 3.39. The van der Waals surface area contributed by atoms with E-state index in [4.69, 9.17) is 5.26 Å². The van der Waals surface area contributed by atoms with E-state index in [1.165, 1.54) is 0 Å². The number of nitrogens with zero attached hydrogens (tertiary/aromatic N) is 1. The van der Waals surface area contributed by atoms with Crippen LogP contribution in [0.1, 0.15) is 23.1 Å². The normalized spacial score (nSPS) is 18.1. The van der Waals surface area contributed by atoms with E-state index in [0.717, 1.165) is 16.8 Å². The number of amides is 2. The fourth-order valence-electron chi connectivity index (χ4n) is 2.79. The van der Waals surface area contributed by atoms with Crippen LogP contribution in [-0.2, 0) is 9.59 Å². The highest BCUT2D eigenvalue weighted by Crippen LogP contribution is 2.40. The molecule has 2 amide bonds. The monoisotopic (exact) mass is 333 g/mol. The summed E-state index contributed by atoms with van der Waals surface area (Å²) >= 11 is 0. The van der Waals surface area contributed by atoms with Gasteiger partial charge in [-0.25, -0.2) is 0 Å². The number of hydrogen-bond acceptors (Lipinski definition) is 3. The molecule has 2 atom stereocenters. The van der Waals surface area contributed by atoms with E-state index in [-0.39, 0.29) is 23.7 Å². The highest BCUT2D eigenvalue weighted by molar-refractivity contribution is 6.03. The predicted molar refractivity (Wildman–Crippen MR) is 95.9 cm³/mol. The zero-order valence-electron chi connectivity index (χ0n) is 14.2. The summed E-state index contributed by atoms with van der Waals surface area (Å²) in [5, 5.41) is 14.7. The molecule has 1 aliphatic carbocycles. The van der Waals surface area contributed by atoms with Gasteiger partial charge in [0.05, 0.1) is 23.1 Å². The van der Waals surface area contributed by atoms with Crippen molar-refractivity contribution in [1.29, 1.82) is 5.26 Å². The van der Waals surface area contributed by atoms with E-state index in [0.29, 0.717) is 17.7 Å². The van der Waals surface area contributed by atoms with Gasteiger partial charge < -0.3 is 10.6 Å². The molecule has 2 aromatic carbocycles. The fourth-order valence-corrected chi connectivity index (χ4v) is 2.79. The maximum absolute atomic E-state index is 12.4. The standard InChI is InChI=1S/C20H19N3O2/c1-12-7-8-13(2)18(9-12)23-20(25)16-10-15(16)19(24)22-17-6-4-3-5-14(17)11-21/h3-9,15-16H,10H2,1-2H3,(H,22,24)(H,23,25). The van der Waals surface area contributed by atoms with Gasteiger partial charge in [0, 0.05) is 5.69 Å². The number of anilines is 2. The molecule has 126 valence electrons. The Kier molecular flexibility index (Phi) is 4.53. The third kappa shape index (κ3) is 3.69. The maximum Gasteiger partial charge on any atom is 0.228 e. The molecule has 3 rings (SSSR count). The van der Waals surface area contributed by atoms with Crippen molar-refractivity contribution >= 4 is 23.2 Å². The molecule has 25 heavy (non-hydrogen) atoms. The molecular formula is C20H19N3O2. The first kappa shape index (κ1) is 16.7. The minimum absolute atomic E-state index is 0.137. The number of benzene rings is 2. The van der Waals surface area contributed by atoms with E-state index in [1.807, 2.05) is 38.1 Å². The van der Waals surface area contributed by atoms with Crippen molar-refractivity contribution in [2.45, 2.75) is 20.3 Å². The van der Waals surface area contributed by atoms with Gasteiger partial charge in [-0.05, 0) is 49.6 Å². The summed E-state index contributed by atoms with van der Waals surface area (Å²) in [6.45, 7) is 3.90. The van der Waals surface area contributed by atoms with Gasteiger partial charge in [-0.3, -0.25) is 9.59 Å². The Balaban J connectivity index is 1.62. The minimum Gasteiger partial charge on any atom is -0.326 e. The van der Waals surface area contributed by atoms with Gasteiger partial charge in [-0.15, -0.1) is 0 Å². The lowest BCUT2D eigenvalue weighted by molar-refractivity contribution is -0.122.